The summed E-state index contributed by atoms with van der Waals surface area (Å²) in [5.41, 5.74) is 3.94. The second-order valence-corrected chi connectivity index (χ2v) is 6.51. The highest BCUT2D eigenvalue weighted by molar-refractivity contribution is 7.10. The van der Waals surface area contributed by atoms with Crippen LogP contribution in [0, 0.1) is 13.8 Å². The third kappa shape index (κ3) is 2.82. The summed E-state index contributed by atoms with van der Waals surface area (Å²) in [5.74, 6) is 0.576. The van der Waals surface area contributed by atoms with Crippen molar-refractivity contribution in [2.24, 2.45) is 0 Å². The van der Waals surface area contributed by atoms with Crippen LogP contribution in [0.4, 0.5) is 10.9 Å². The average molecular weight is 327 g/mol. The van der Waals surface area contributed by atoms with Crippen LogP contribution in [0.5, 0.6) is 0 Å². The Morgan fingerprint density at radius 3 is 2.87 bits per heavy atom. The topological polar surface area (TPSA) is 80.5 Å². The molecule has 3 aromatic rings. The minimum absolute atomic E-state index is 0.448. The zero-order chi connectivity index (χ0) is 15.8. The number of aromatic nitrogens is 5. The van der Waals surface area contributed by atoms with Crippen molar-refractivity contribution in [3.8, 4) is 11.3 Å². The van der Waals surface area contributed by atoms with E-state index < -0.39 is 0 Å². The van der Waals surface area contributed by atoms with Gasteiger partial charge < -0.3 is 10.6 Å². The van der Waals surface area contributed by atoms with Crippen LogP contribution in [0.3, 0.4) is 0 Å². The van der Waals surface area contributed by atoms with Crippen LogP contribution in [-0.2, 0) is 0 Å². The predicted molar refractivity (Wildman–Crippen MR) is 90.0 cm³/mol. The molecule has 0 saturated carbocycles. The highest BCUT2D eigenvalue weighted by atomic mass is 32.1. The highest BCUT2D eigenvalue weighted by Crippen LogP contribution is 2.25. The van der Waals surface area contributed by atoms with Crippen molar-refractivity contribution < 1.29 is 0 Å². The quantitative estimate of drug-likeness (QED) is 0.765. The third-order valence-electron chi connectivity index (χ3n) is 3.84. The number of nitrogens with one attached hydrogen (secondary N) is 2. The van der Waals surface area contributed by atoms with Gasteiger partial charge in [-0.15, -0.1) is 0 Å². The van der Waals surface area contributed by atoms with Crippen molar-refractivity contribution in [3.63, 3.8) is 0 Å². The molecule has 2 N–H and O–H groups in total. The molecule has 3 aromatic heterocycles. The molecule has 0 aliphatic carbocycles. The minimum atomic E-state index is 0.448. The molecule has 1 saturated heterocycles. The molecule has 0 amide bonds. The largest absolute Gasteiger partial charge is 0.314 e. The molecule has 1 aliphatic heterocycles. The minimum Gasteiger partial charge on any atom is -0.314 e. The van der Waals surface area contributed by atoms with Gasteiger partial charge in [0.15, 0.2) is 0 Å². The number of aryl methyl sites for hydroxylation is 2. The lowest BCUT2D eigenvalue weighted by Crippen LogP contribution is -2.43. The van der Waals surface area contributed by atoms with E-state index in [1.807, 2.05) is 37.0 Å². The monoisotopic (exact) mass is 327 g/mol. The molecule has 0 bridgehead atoms. The molecular formula is C15H17N7S. The lowest BCUT2D eigenvalue weighted by Gasteiger charge is -2.27. The highest BCUT2D eigenvalue weighted by Gasteiger charge is 2.20. The number of hydrogen-bond acceptors (Lipinski definition) is 7. The van der Waals surface area contributed by atoms with Gasteiger partial charge in [0.2, 0.25) is 5.95 Å². The molecule has 7 nitrogen and oxygen atoms in total. The van der Waals surface area contributed by atoms with Crippen LogP contribution in [0.15, 0.2) is 24.7 Å². The Morgan fingerprint density at radius 1 is 1.30 bits per heavy atom. The van der Waals surface area contributed by atoms with Gasteiger partial charge in [-0.25, -0.2) is 9.97 Å². The van der Waals surface area contributed by atoms with E-state index in [1.54, 1.807) is 0 Å². The van der Waals surface area contributed by atoms with Crippen LogP contribution < -0.4 is 10.6 Å². The van der Waals surface area contributed by atoms with Gasteiger partial charge in [0, 0.05) is 31.0 Å². The first-order valence-corrected chi connectivity index (χ1v) is 8.25. The van der Waals surface area contributed by atoms with E-state index in [2.05, 4.69) is 36.3 Å². The smallest absolute Gasteiger partial charge is 0.228 e. The van der Waals surface area contributed by atoms with E-state index in [-0.39, 0.29) is 0 Å². The first-order chi connectivity index (χ1) is 11.2. The summed E-state index contributed by atoms with van der Waals surface area (Å²) in [6.07, 6.45) is 5.76. The van der Waals surface area contributed by atoms with Crippen LogP contribution in [0.2, 0.25) is 0 Å². The molecule has 1 aliphatic rings. The molecule has 8 heteroatoms. The molecule has 118 valence electrons. The maximum Gasteiger partial charge on any atom is 0.228 e. The van der Waals surface area contributed by atoms with E-state index in [1.165, 1.54) is 11.5 Å². The summed E-state index contributed by atoms with van der Waals surface area (Å²) >= 11 is 1.40. The second kappa shape index (κ2) is 5.71. The van der Waals surface area contributed by atoms with E-state index >= 15 is 0 Å². The van der Waals surface area contributed by atoms with Crippen molar-refractivity contribution in [1.82, 2.24) is 29.4 Å². The lowest BCUT2D eigenvalue weighted by molar-refractivity contribution is 0.318. The van der Waals surface area contributed by atoms with E-state index in [0.717, 1.165) is 40.6 Å². The predicted octanol–water partition coefficient (Wildman–Crippen LogP) is 2.30. The maximum atomic E-state index is 4.65. The van der Waals surface area contributed by atoms with Crippen molar-refractivity contribution >= 4 is 22.5 Å². The summed E-state index contributed by atoms with van der Waals surface area (Å²) in [4.78, 5) is 9.01. The van der Waals surface area contributed by atoms with Crippen molar-refractivity contribution in [2.45, 2.75) is 19.9 Å². The zero-order valence-electron chi connectivity index (χ0n) is 12.9. The number of nitrogens with zero attached hydrogens (tertiary/aromatic N) is 5. The molecule has 0 spiro atoms. The third-order valence-corrected chi connectivity index (χ3v) is 4.64. The molecule has 23 heavy (non-hydrogen) atoms. The van der Waals surface area contributed by atoms with Gasteiger partial charge in [-0.3, -0.25) is 4.68 Å². The first kappa shape index (κ1) is 14.3. The maximum absolute atomic E-state index is 4.65. The van der Waals surface area contributed by atoms with Gasteiger partial charge in [-0.05, 0) is 37.0 Å². The van der Waals surface area contributed by atoms with Crippen LogP contribution in [0.1, 0.15) is 17.3 Å². The second-order valence-electron chi connectivity index (χ2n) is 5.70. The Kier molecular flexibility index (Phi) is 3.55. The zero-order valence-corrected chi connectivity index (χ0v) is 13.8. The van der Waals surface area contributed by atoms with Gasteiger partial charge in [-0.1, -0.05) is 0 Å². The van der Waals surface area contributed by atoms with E-state index in [9.17, 15) is 0 Å². The van der Waals surface area contributed by atoms with E-state index in [0.29, 0.717) is 12.0 Å². The van der Waals surface area contributed by atoms with Gasteiger partial charge in [-0.2, -0.15) is 9.47 Å². The van der Waals surface area contributed by atoms with Gasteiger partial charge in [0.25, 0.3) is 0 Å². The molecule has 0 aromatic carbocycles. The Bertz CT molecular complexity index is 834. The van der Waals surface area contributed by atoms with Gasteiger partial charge in [0.05, 0.1) is 23.6 Å². The lowest BCUT2D eigenvalue weighted by atomic mass is 10.1. The number of hydrogen-bond donors (Lipinski definition) is 2. The number of anilines is 2. The summed E-state index contributed by atoms with van der Waals surface area (Å²) in [5, 5.41) is 11.9. The Hall–Kier alpha value is -2.32. The molecule has 4 heterocycles. The van der Waals surface area contributed by atoms with Crippen LogP contribution >= 0.6 is 11.5 Å². The fourth-order valence-electron chi connectivity index (χ4n) is 2.45. The van der Waals surface area contributed by atoms with Crippen molar-refractivity contribution in [1.29, 1.82) is 0 Å². The summed E-state index contributed by atoms with van der Waals surface area (Å²) < 4.78 is 6.26. The summed E-state index contributed by atoms with van der Waals surface area (Å²) in [6, 6.07) is 2.43. The summed E-state index contributed by atoms with van der Waals surface area (Å²) in [6.45, 7) is 5.92. The van der Waals surface area contributed by atoms with Crippen molar-refractivity contribution in [2.75, 3.05) is 18.4 Å². The Labute approximate surface area is 138 Å². The van der Waals surface area contributed by atoms with E-state index in [4.69, 9.17) is 0 Å². The molecular weight excluding hydrogens is 310 g/mol. The molecule has 0 atom stereocenters. The van der Waals surface area contributed by atoms with Gasteiger partial charge >= 0.3 is 0 Å². The summed E-state index contributed by atoms with van der Waals surface area (Å²) in [7, 11) is 0. The molecule has 4 rings (SSSR count). The standard InChI is InChI=1S/C15H17N7S/c1-9-4-17-15(19-13-3-10(2)21-23-13)20-14(9)11-5-18-22(8-11)12-6-16-7-12/h3-5,8,12,16H,6-7H2,1-2H3,(H,17,19,20). The normalized spacial score (nSPS) is 14.7. The fourth-order valence-corrected chi connectivity index (χ4v) is 3.10. The molecule has 1 fully saturated rings. The van der Waals surface area contributed by atoms with Crippen LogP contribution in [-0.4, -0.2) is 37.2 Å². The average Bonchev–Trinajstić information content (AvgIpc) is 3.09. The Morgan fingerprint density at radius 2 is 2.17 bits per heavy atom. The van der Waals surface area contributed by atoms with Crippen LogP contribution in [0.25, 0.3) is 11.3 Å². The SMILES string of the molecule is Cc1cc(Nc2ncc(C)c(-c3cnn(C4CNC4)c3)n2)sn1. The molecule has 0 unspecified atom stereocenters. The van der Waals surface area contributed by atoms with Gasteiger partial charge in [0.1, 0.15) is 5.00 Å². The Balaban J connectivity index is 1.62. The molecule has 0 radical (unpaired) electrons. The number of rotatable bonds is 4. The first-order valence-electron chi connectivity index (χ1n) is 7.48. The van der Waals surface area contributed by atoms with Crippen molar-refractivity contribution in [3.05, 3.63) is 35.9 Å². The fraction of sp³-hybridized carbons (Fsp3) is 0.333.